The minimum absolute atomic E-state index is 0.000508. The van der Waals surface area contributed by atoms with Gasteiger partial charge in [0.1, 0.15) is 0 Å². The second-order valence-corrected chi connectivity index (χ2v) is 25.7. The molecule has 372 valence electrons. The highest BCUT2D eigenvalue weighted by molar-refractivity contribution is 7.00. The zero-order valence-electron chi connectivity index (χ0n) is 45.9. The zero-order chi connectivity index (χ0) is 51.5. The van der Waals surface area contributed by atoms with E-state index in [0.29, 0.717) is 0 Å². The Kier molecular flexibility index (Phi) is 11.3. The maximum atomic E-state index is 2.85. The van der Waals surface area contributed by atoms with Gasteiger partial charge in [0.05, 0.1) is 16.9 Å². The molecule has 4 aliphatic rings. The number of fused-ring (bicyclic) bond motifs is 7. The second-order valence-electron chi connectivity index (χ2n) is 25.7. The van der Waals surface area contributed by atoms with E-state index in [1.165, 1.54) is 138 Å². The van der Waals surface area contributed by atoms with E-state index in [4.69, 9.17) is 0 Å². The minimum Gasteiger partial charge on any atom is -0.334 e. The number of anilines is 8. The van der Waals surface area contributed by atoms with Crippen molar-refractivity contribution in [1.29, 1.82) is 0 Å². The van der Waals surface area contributed by atoms with Crippen LogP contribution in [0.3, 0.4) is 0 Å². The maximum Gasteiger partial charge on any atom is 0.252 e. The Bertz CT molecular complexity index is 3290. The lowest BCUT2D eigenvalue weighted by molar-refractivity contribution is 0.217. The molecule has 12 rings (SSSR count). The van der Waals surface area contributed by atoms with Crippen LogP contribution in [0.2, 0.25) is 0 Å². The molecule has 74 heavy (non-hydrogen) atoms. The van der Waals surface area contributed by atoms with Crippen molar-refractivity contribution in [3.63, 3.8) is 0 Å². The standard InChI is InChI=1S/C70H74BN3/c1-66(2,3)49-34-37-58(53(42-49)47-26-16-14-17-27-47)72-61-32-22-20-30-56(61)71-57-31-21-23-33-62(57)73(59-38-35-50(67(4,5)6)43-54(59)48-28-18-15-19-29-48)64-46-52(45-63(72)65(64)71)74-60-39-36-51(68(7,8)9)44-55(60)69(10)40-24-12-13-25-41-70(69,74)11/h14-23,26-39,42-46H,12-13,24-25,40-41H2,1-11H3. The summed E-state index contributed by atoms with van der Waals surface area (Å²) in [4.78, 5) is 8.18. The quantitative estimate of drug-likeness (QED) is 0.159. The summed E-state index contributed by atoms with van der Waals surface area (Å²) in [6, 6.07) is 68.2. The molecule has 0 N–H and O–H groups in total. The molecule has 0 spiro atoms. The third-order valence-corrected chi connectivity index (χ3v) is 18.0. The lowest BCUT2D eigenvalue weighted by atomic mass is 9.33. The van der Waals surface area contributed by atoms with Gasteiger partial charge in [-0.2, -0.15) is 0 Å². The Morgan fingerprint density at radius 2 is 0.811 bits per heavy atom. The summed E-state index contributed by atoms with van der Waals surface area (Å²) in [5, 5.41) is 0. The number of nitrogens with zero attached hydrogens (tertiary/aromatic N) is 3. The Morgan fingerprint density at radius 1 is 0.392 bits per heavy atom. The third-order valence-electron chi connectivity index (χ3n) is 18.0. The second kappa shape index (κ2) is 17.4. The highest BCUT2D eigenvalue weighted by Gasteiger charge is 2.57. The fraction of sp³-hybridized carbons (Fsp3) is 0.314. The molecule has 3 nitrogen and oxygen atoms in total. The molecular weight excluding hydrogens is 894 g/mol. The van der Waals surface area contributed by atoms with E-state index in [1.807, 2.05) is 0 Å². The first-order valence-electron chi connectivity index (χ1n) is 27.7. The highest BCUT2D eigenvalue weighted by Crippen LogP contribution is 2.61. The van der Waals surface area contributed by atoms with E-state index in [2.05, 4.69) is 267 Å². The van der Waals surface area contributed by atoms with E-state index in [-0.39, 0.29) is 33.9 Å². The first-order valence-corrected chi connectivity index (χ1v) is 27.7. The lowest BCUT2D eigenvalue weighted by Crippen LogP contribution is -2.61. The van der Waals surface area contributed by atoms with E-state index < -0.39 is 0 Å². The first kappa shape index (κ1) is 48.2. The Labute approximate surface area is 443 Å². The van der Waals surface area contributed by atoms with Gasteiger partial charge in [-0.05, 0) is 140 Å². The van der Waals surface area contributed by atoms with Gasteiger partial charge in [-0.15, -0.1) is 0 Å². The molecule has 0 aromatic heterocycles. The first-order chi connectivity index (χ1) is 35.4. The topological polar surface area (TPSA) is 9.72 Å². The fourth-order valence-electron chi connectivity index (χ4n) is 13.6. The lowest BCUT2D eigenvalue weighted by Gasteiger charge is -2.50. The number of para-hydroxylation sites is 2. The van der Waals surface area contributed by atoms with Crippen LogP contribution in [0.5, 0.6) is 0 Å². The molecule has 0 radical (unpaired) electrons. The number of benzene rings is 8. The van der Waals surface area contributed by atoms with Crippen molar-refractivity contribution in [2.24, 2.45) is 0 Å². The van der Waals surface area contributed by atoms with Gasteiger partial charge in [-0.3, -0.25) is 0 Å². The minimum atomic E-state index is -0.186. The molecule has 2 unspecified atom stereocenters. The van der Waals surface area contributed by atoms with Crippen molar-refractivity contribution >= 4 is 68.6 Å². The smallest absolute Gasteiger partial charge is 0.252 e. The van der Waals surface area contributed by atoms with Gasteiger partial charge in [-0.1, -0.05) is 216 Å². The van der Waals surface area contributed by atoms with Crippen LogP contribution in [0.4, 0.5) is 45.5 Å². The van der Waals surface area contributed by atoms with E-state index in [1.54, 1.807) is 0 Å². The molecule has 4 heteroatoms. The number of rotatable bonds is 5. The van der Waals surface area contributed by atoms with Crippen molar-refractivity contribution < 1.29 is 0 Å². The van der Waals surface area contributed by atoms with E-state index >= 15 is 0 Å². The van der Waals surface area contributed by atoms with Crippen molar-refractivity contribution in [1.82, 2.24) is 0 Å². The molecule has 3 aliphatic heterocycles. The normalized spacial score (nSPS) is 19.2. The largest absolute Gasteiger partial charge is 0.334 e. The summed E-state index contributed by atoms with van der Waals surface area (Å²) in [7, 11) is 0. The van der Waals surface area contributed by atoms with Gasteiger partial charge in [0.25, 0.3) is 6.71 Å². The molecule has 1 aliphatic carbocycles. The van der Waals surface area contributed by atoms with Crippen LogP contribution in [-0.2, 0) is 21.7 Å². The third kappa shape index (κ3) is 7.59. The zero-order valence-corrected chi connectivity index (χ0v) is 45.9. The van der Waals surface area contributed by atoms with Crippen LogP contribution in [0, 0.1) is 0 Å². The van der Waals surface area contributed by atoms with Crippen LogP contribution in [0.25, 0.3) is 22.3 Å². The van der Waals surface area contributed by atoms with Gasteiger partial charge < -0.3 is 14.7 Å². The van der Waals surface area contributed by atoms with Crippen molar-refractivity contribution in [2.45, 2.75) is 142 Å². The van der Waals surface area contributed by atoms with Crippen LogP contribution in [0.15, 0.2) is 176 Å². The van der Waals surface area contributed by atoms with Gasteiger partial charge >= 0.3 is 0 Å². The van der Waals surface area contributed by atoms with Crippen LogP contribution < -0.4 is 31.1 Å². The van der Waals surface area contributed by atoms with Crippen molar-refractivity contribution in [2.75, 3.05) is 14.7 Å². The number of hydrogen-bond acceptors (Lipinski definition) is 3. The molecule has 0 bridgehead atoms. The predicted octanol–water partition coefficient (Wildman–Crippen LogP) is 17.5. The molecule has 8 aromatic rings. The van der Waals surface area contributed by atoms with Gasteiger partial charge in [0, 0.05) is 50.7 Å². The summed E-state index contributed by atoms with van der Waals surface area (Å²) >= 11 is 0. The summed E-state index contributed by atoms with van der Waals surface area (Å²) in [6.07, 6.45) is 7.31. The van der Waals surface area contributed by atoms with Crippen LogP contribution in [-0.4, -0.2) is 12.3 Å². The fourth-order valence-corrected chi connectivity index (χ4v) is 13.6. The van der Waals surface area contributed by atoms with Crippen molar-refractivity contribution in [3.05, 3.63) is 198 Å². The Balaban J connectivity index is 1.22. The Morgan fingerprint density at radius 3 is 1.28 bits per heavy atom. The average Bonchev–Trinajstić information content (AvgIpc) is 3.57. The highest BCUT2D eigenvalue weighted by atomic mass is 15.3. The molecule has 3 heterocycles. The van der Waals surface area contributed by atoms with E-state index in [9.17, 15) is 0 Å². The summed E-state index contributed by atoms with van der Waals surface area (Å²) in [5.74, 6) is 0. The van der Waals surface area contributed by atoms with Crippen LogP contribution in [0.1, 0.15) is 137 Å². The molecule has 1 fully saturated rings. The van der Waals surface area contributed by atoms with E-state index in [0.717, 1.165) is 6.42 Å². The molecule has 2 atom stereocenters. The summed E-state index contributed by atoms with van der Waals surface area (Å²) < 4.78 is 0. The SMILES string of the molecule is CC(C)(C)c1ccc(N2c3ccccc3B3c4ccccc4N(c4ccc(C(C)(C)C)cc4-c4ccccc4)c4cc(N5c6ccc(C(C)(C)C)cc6C6(C)CCCCCCC56C)cc2c43)c(-c2ccccc2)c1. The molecular formula is C70H74BN3. The summed E-state index contributed by atoms with van der Waals surface area (Å²) in [6.45, 7) is 26.4. The Hall–Kier alpha value is -6.78. The van der Waals surface area contributed by atoms with Gasteiger partial charge in [0.15, 0.2) is 0 Å². The molecule has 8 aromatic carbocycles. The van der Waals surface area contributed by atoms with Gasteiger partial charge in [-0.25, -0.2) is 0 Å². The van der Waals surface area contributed by atoms with Crippen LogP contribution >= 0.6 is 0 Å². The average molecular weight is 968 g/mol. The van der Waals surface area contributed by atoms with Gasteiger partial charge in [0.2, 0.25) is 0 Å². The van der Waals surface area contributed by atoms with Crippen molar-refractivity contribution in [3.8, 4) is 22.3 Å². The molecule has 1 saturated carbocycles. The molecule has 0 amide bonds. The summed E-state index contributed by atoms with van der Waals surface area (Å²) in [5.41, 5.74) is 24.1. The monoisotopic (exact) mass is 968 g/mol. The maximum absolute atomic E-state index is 2.85. The predicted molar refractivity (Wildman–Crippen MR) is 319 cm³/mol. The molecule has 0 saturated heterocycles. The number of hydrogen-bond donors (Lipinski definition) is 0.